The number of halogens is 1. The minimum atomic E-state index is -0.554. The Balaban J connectivity index is 1.64. The number of nitrogens with zero attached hydrogens (tertiary/aromatic N) is 2. The minimum absolute atomic E-state index is 0.0648. The Morgan fingerprint density at radius 1 is 1.11 bits per heavy atom. The SMILES string of the molecule is CCC(NC(=O)C=Cc1ccc(Oc2cccnc2)c(F)c1)c1ccccc1OCC(=O)N(C)C. The fraction of sp³-hybridized carbons (Fsp3) is 0.222. The number of pyridine rings is 1. The molecule has 35 heavy (non-hydrogen) atoms. The highest BCUT2D eigenvalue weighted by atomic mass is 19.1. The van der Waals surface area contributed by atoms with E-state index in [1.165, 1.54) is 35.4 Å². The Morgan fingerprint density at radius 2 is 1.91 bits per heavy atom. The molecule has 1 atom stereocenters. The molecule has 182 valence electrons. The van der Waals surface area contributed by atoms with Crippen LogP contribution in [0, 0.1) is 5.82 Å². The van der Waals surface area contributed by atoms with Crippen LogP contribution in [-0.4, -0.2) is 42.4 Å². The number of likely N-dealkylation sites (N-methyl/N-ethyl adjacent to an activating group) is 1. The van der Waals surface area contributed by atoms with E-state index in [4.69, 9.17) is 9.47 Å². The molecule has 0 spiro atoms. The van der Waals surface area contributed by atoms with Crippen LogP contribution in [0.2, 0.25) is 0 Å². The molecule has 0 radical (unpaired) electrons. The predicted octanol–water partition coefficient (Wildman–Crippen LogP) is 4.76. The fourth-order valence-corrected chi connectivity index (χ4v) is 3.20. The third-order valence-electron chi connectivity index (χ3n) is 5.11. The molecule has 0 bridgehead atoms. The van der Waals surface area contributed by atoms with Crippen LogP contribution < -0.4 is 14.8 Å². The van der Waals surface area contributed by atoms with Crippen molar-refractivity contribution in [2.24, 2.45) is 0 Å². The number of aromatic nitrogens is 1. The van der Waals surface area contributed by atoms with Gasteiger partial charge in [0.05, 0.1) is 12.2 Å². The number of benzene rings is 2. The second-order valence-corrected chi connectivity index (χ2v) is 7.90. The van der Waals surface area contributed by atoms with Crippen molar-refractivity contribution in [2.75, 3.05) is 20.7 Å². The zero-order chi connectivity index (χ0) is 25.2. The van der Waals surface area contributed by atoms with Crippen molar-refractivity contribution in [3.63, 3.8) is 0 Å². The van der Waals surface area contributed by atoms with Crippen LogP contribution in [0.3, 0.4) is 0 Å². The zero-order valence-electron chi connectivity index (χ0n) is 19.9. The number of nitrogens with one attached hydrogen (secondary N) is 1. The number of carbonyl (C=O) groups is 2. The van der Waals surface area contributed by atoms with Crippen molar-refractivity contribution in [3.05, 3.63) is 90.0 Å². The van der Waals surface area contributed by atoms with Gasteiger partial charge in [-0.3, -0.25) is 14.6 Å². The largest absolute Gasteiger partial charge is 0.483 e. The molecule has 1 unspecified atom stereocenters. The number of amides is 2. The fourth-order valence-electron chi connectivity index (χ4n) is 3.20. The van der Waals surface area contributed by atoms with Gasteiger partial charge in [-0.1, -0.05) is 31.2 Å². The molecule has 0 aliphatic rings. The van der Waals surface area contributed by atoms with Crippen LogP contribution in [0.5, 0.6) is 17.2 Å². The standard InChI is InChI=1S/C27H28FN3O4/c1-4-23(21-9-5-6-10-24(21)34-18-27(33)31(2)3)30-26(32)14-12-19-11-13-25(22(28)16-19)35-20-8-7-15-29-17-20/h5-17,23H,4,18H2,1-3H3,(H,30,32). The number of carbonyl (C=O) groups excluding carboxylic acids is 2. The summed E-state index contributed by atoms with van der Waals surface area (Å²) < 4.78 is 25.6. The molecule has 7 nitrogen and oxygen atoms in total. The molecule has 2 aromatic carbocycles. The summed E-state index contributed by atoms with van der Waals surface area (Å²) in [6.07, 6.45) is 6.57. The number of hydrogen-bond donors (Lipinski definition) is 1. The van der Waals surface area contributed by atoms with Crippen molar-refractivity contribution in [2.45, 2.75) is 19.4 Å². The lowest BCUT2D eigenvalue weighted by Gasteiger charge is -2.20. The van der Waals surface area contributed by atoms with Gasteiger partial charge in [-0.15, -0.1) is 0 Å². The Bertz CT molecular complexity index is 1180. The van der Waals surface area contributed by atoms with Crippen molar-refractivity contribution >= 4 is 17.9 Å². The monoisotopic (exact) mass is 477 g/mol. The van der Waals surface area contributed by atoms with Crippen LogP contribution in [0.1, 0.15) is 30.5 Å². The summed E-state index contributed by atoms with van der Waals surface area (Å²) in [4.78, 5) is 29.9. The summed E-state index contributed by atoms with van der Waals surface area (Å²) in [5, 5.41) is 2.94. The molecule has 0 aliphatic carbocycles. The van der Waals surface area contributed by atoms with E-state index in [0.29, 0.717) is 23.5 Å². The quantitative estimate of drug-likeness (QED) is 0.426. The predicted molar refractivity (Wildman–Crippen MR) is 132 cm³/mol. The van der Waals surface area contributed by atoms with Gasteiger partial charge in [0.15, 0.2) is 18.2 Å². The second-order valence-electron chi connectivity index (χ2n) is 7.90. The first-order chi connectivity index (χ1) is 16.9. The van der Waals surface area contributed by atoms with Gasteiger partial charge in [0.25, 0.3) is 5.91 Å². The Kier molecular flexibility index (Phi) is 8.95. The minimum Gasteiger partial charge on any atom is -0.483 e. The highest BCUT2D eigenvalue weighted by Gasteiger charge is 2.17. The molecule has 0 saturated carbocycles. The van der Waals surface area contributed by atoms with Crippen LogP contribution in [-0.2, 0) is 9.59 Å². The van der Waals surface area contributed by atoms with E-state index < -0.39 is 5.82 Å². The highest BCUT2D eigenvalue weighted by molar-refractivity contribution is 5.92. The maximum atomic E-state index is 14.4. The average Bonchev–Trinajstić information content (AvgIpc) is 2.86. The van der Waals surface area contributed by atoms with E-state index in [2.05, 4.69) is 10.3 Å². The number of ether oxygens (including phenoxy) is 2. The van der Waals surface area contributed by atoms with Gasteiger partial charge in [-0.05, 0) is 48.4 Å². The van der Waals surface area contributed by atoms with E-state index in [-0.39, 0.29) is 30.2 Å². The number of rotatable bonds is 10. The molecule has 3 aromatic rings. The first-order valence-corrected chi connectivity index (χ1v) is 11.1. The highest BCUT2D eigenvalue weighted by Crippen LogP contribution is 2.28. The molecule has 1 N–H and O–H groups in total. The lowest BCUT2D eigenvalue weighted by atomic mass is 10.0. The van der Waals surface area contributed by atoms with E-state index in [0.717, 1.165) is 5.56 Å². The smallest absolute Gasteiger partial charge is 0.259 e. The third-order valence-corrected chi connectivity index (χ3v) is 5.11. The summed E-state index contributed by atoms with van der Waals surface area (Å²) >= 11 is 0. The lowest BCUT2D eigenvalue weighted by Crippen LogP contribution is -2.29. The Morgan fingerprint density at radius 3 is 2.60 bits per heavy atom. The van der Waals surface area contributed by atoms with Crippen molar-refractivity contribution < 1.29 is 23.5 Å². The normalized spacial score (nSPS) is 11.7. The summed E-state index contributed by atoms with van der Waals surface area (Å²) in [6.45, 7) is 1.84. The van der Waals surface area contributed by atoms with Crippen LogP contribution in [0.4, 0.5) is 4.39 Å². The van der Waals surface area contributed by atoms with Crippen molar-refractivity contribution in [1.29, 1.82) is 0 Å². The molecule has 2 amide bonds. The first-order valence-electron chi connectivity index (χ1n) is 11.1. The Hall–Kier alpha value is -4.20. The lowest BCUT2D eigenvalue weighted by molar-refractivity contribution is -0.130. The molecule has 0 saturated heterocycles. The molecule has 1 aromatic heterocycles. The molecular weight excluding hydrogens is 449 g/mol. The van der Waals surface area contributed by atoms with Gasteiger partial charge < -0.3 is 19.7 Å². The van der Waals surface area contributed by atoms with Gasteiger partial charge in [0.2, 0.25) is 5.91 Å². The molecule has 3 rings (SSSR count). The van der Waals surface area contributed by atoms with Crippen molar-refractivity contribution in [3.8, 4) is 17.2 Å². The first kappa shape index (κ1) is 25.4. The van der Waals surface area contributed by atoms with Crippen LogP contribution >= 0.6 is 0 Å². The summed E-state index contributed by atoms with van der Waals surface area (Å²) in [5.74, 6) is -0.0349. The third kappa shape index (κ3) is 7.40. The van der Waals surface area contributed by atoms with Crippen LogP contribution in [0.25, 0.3) is 6.08 Å². The number of para-hydroxylation sites is 1. The average molecular weight is 478 g/mol. The topological polar surface area (TPSA) is 80.8 Å². The molecular formula is C27H28FN3O4. The van der Waals surface area contributed by atoms with E-state index >= 15 is 0 Å². The van der Waals surface area contributed by atoms with Gasteiger partial charge in [0.1, 0.15) is 11.5 Å². The summed E-state index contributed by atoms with van der Waals surface area (Å²) in [7, 11) is 3.32. The maximum Gasteiger partial charge on any atom is 0.259 e. The molecule has 0 fully saturated rings. The Labute approximate surface area is 204 Å². The van der Waals surface area contributed by atoms with Gasteiger partial charge in [-0.2, -0.15) is 0 Å². The van der Waals surface area contributed by atoms with E-state index in [9.17, 15) is 14.0 Å². The molecule has 8 heteroatoms. The maximum absolute atomic E-state index is 14.4. The van der Waals surface area contributed by atoms with E-state index in [1.807, 2.05) is 25.1 Å². The van der Waals surface area contributed by atoms with E-state index in [1.54, 1.807) is 44.6 Å². The molecule has 1 heterocycles. The zero-order valence-corrected chi connectivity index (χ0v) is 19.9. The number of hydrogen-bond acceptors (Lipinski definition) is 5. The second kappa shape index (κ2) is 12.3. The van der Waals surface area contributed by atoms with Gasteiger partial charge >= 0.3 is 0 Å². The summed E-state index contributed by atoms with van der Waals surface area (Å²) in [5.41, 5.74) is 1.28. The van der Waals surface area contributed by atoms with Gasteiger partial charge in [0, 0.05) is 31.9 Å². The molecule has 0 aliphatic heterocycles. The van der Waals surface area contributed by atoms with Crippen LogP contribution in [0.15, 0.2) is 73.1 Å². The summed E-state index contributed by atoms with van der Waals surface area (Å²) in [6, 6.07) is 14.8. The van der Waals surface area contributed by atoms with Gasteiger partial charge in [-0.25, -0.2) is 4.39 Å². The van der Waals surface area contributed by atoms with Crippen molar-refractivity contribution in [1.82, 2.24) is 15.2 Å².